The Balaban J connectivity index is 1.69. The topological polar surface area (TPSA) is 125 Å². The van der Waals surface area contributed by atoms with Crippen molar-refractivity contribution in [2.24, 2.45) is 0 Å². The van der Waals surface area contributed by atoms with Gasteiger partial charge in [-0.1, -0.05) is 12.1 Å². The van der Waals surface area contributed by atoms with E-state index in [4.69, 9.17) is 0 Å². The first-order chi connectivity index (χ1) is 10.2. The summed E-state index contributed by atoms with van der Waals surface area (Å²) in [5, 5.41) is 21.9. The van der Waals surface area contributed by atoms with Crippen molar-refractivity contribution in [3.63, 3.8) is 0 Å². The second-order valence-corrected chi connectivity index (χ2v) is 4.54. The van der Waals surface area contributed by atoms with Crippen molar-refractivity contribution in [3.8, 4) is 11.4 Å². The Morgan fingerprint density at radius 3 is 3.00 bits per heavy atom. The van der Waals surface area contributed by atoms with E-state index in [2.05, 4.69) is 36.6 Å². The van der Waals surface area contributed by atoms with Crippen LogP contribution >= 0.6 is 0 Å². The van der Waals surface area contributed by atoms with E-state index in [1.54, 1.807) is 18.2 Å². The van der Waals surface area contributed by atoms with Crippen LogP contribution in [-0.2, 0) is 9.59 Å². The van der Waals surface area contributed by atoms with Crippen LogP contribution in [-0.4, -0.2) is 51.6 Å². The number of rotatable bonds is 3. The minimum atomic E-state index is -0.448. The molecule has 2 aromatic rings. The fraction of sp³-hybridized carbons (Fsp3) is 0.250. The van der Waals surface area contributed by atoms with Gasteiger partial charge in [0.1, 0.15) is 6.04 Å². The molecular weight excluding hydrogens is 274 g/mol. The van der Waals surface area contributed by atoms with Gasteiger partial charge in [0.25, 0.3) is 0 Å². The summed E-state index contributed by atoms with van der Waals surface area (Å²) in [4.78, 5) is 23.1. The molecule has 9 nitrogen and oxygen atoms in total. The molecule has 0 saturated carbocycles. The molecule has 1 unspecified atom stereocenters. The summed E-state index contributed by atoms with van der Waals surface area (Å²) < 4.78 is 0. The van der Waals surface area contributed by atoms with Crippen LogP contribution in [0.1, 0.15) is 0 Å². The number of benzene rings is 1. The summed E-state index contributed by atoms with van der Waals surface area (Å²) >= 11 is 0. The number of carbonyl (C=O) groups is 2. The highest BCUT2D eigenvalue weighted by atomic mass is 16.2. The molecule has 2 heterocycles. The molecule has 1 aliphatic heterocycles. The minimum Gasteiger partial charge on any atom is -0.353 e. The van der Waals surface area contributed by atoms with Crippen LogP contribution in [0.4, 0.5) is 5.69 Å². The van der Waals surface area contributed by atoms with Crippen LogP contribution in [0.3, 0.4) is 0 Å². The first-order valence-corrected chi connectivity index (χ1v) is 6.37. The third-order valence-electron chi connectivity index (χ3n) is 3.06. The predicted octanol–water partition coefficient (Wildman–Crippen LogP) is -1.11. The first kappa shape index (κ1) is 13.2. The minimum absolute atomic E-state index is 0.113. The number of carbonyl (C=O) groups excluding carboxylic acids is 2. The van der Waals surface area contributed by atoms with Crippen molar-refractivity contribution in [1.82, 2.24) is 31.3 Å². The highest BCUT2D eigenvalue weighted by Crippen LogP contribution is 2.18. The molecule has 1 atom stereocenters. The number of tetrazole rings is 1. The molecule has 21 heavy (non-hydrogen) atoms. The molecule has 1 aromatic carbocycles. The predicted molar refractivity (Wildman–Crippen MR) is 73.0 cm³/mol. The monoisotopic (exact) mass is 287 g/mol. The Hall–Kier alpha value is -2.81. The second kappa shape index (κ2) is 5.67. The SMILES string of the molecule is O=C1CNC(C(=O)Nc2cccc(-c3nn[nH]n3)c2)CN1. The van der Waals surface area contributed by atoms with E-state index < -0.39 is 6.04 Å². The van der Waals surface area contributed by atoms with Crippen LogP contribution in [0.15, 0.2) is 24.3 Å². The number of amides is 2. The van der Waals surface area contributed by atoms with Crippen LogP contribution in [0, 0.1) is 0 Å². The lowest BCUT2D eigenvalue weighted by Gasteiger charge is -2.23. The molecule has 4 N–H and O–H groups in total. The van der Waals surface area contributed by atoms with Gasteiger partial charge in [-0.2, -0.15) is 5.21 Å². The largest absolute Gasteiger partial charge is 0.353 e. The standard InChI is InChI=1S/C12H13N7O2/c20-10-6-13-9(5-14-10)12(21)15-8-3-1-2-7(4-8)11-16-18-19-17-11/h1-4,9,13H,5-6H2,(H,14,20)(H,15,21)(H,16,17,18,19). The average Bonchev–Trinajstić information content (AvgIpc) is 3.02. The maximum Gasteiger partial charge on any atom is 0.243 e. The first-order valence-electron chi connectivity index (χ1n) is 6.37. The Kier molecular flexibility index (Phi) is 3.56. The van der Waals surface area contributed by atoms with Gasteiger partial charge in [-0.15, -0.1) is 10.2 Å². The van der Waals surface area contributed by atoms with E-state index in [0.29, 0.717) is 11.5 Å². The molecule has 0 aliphatic carbocycles. The molecule has 0 spiro atoms. The molecule has 3 rings (SSSR count). The number of aromatic amines is 1. The molecule has 1 aromatic heterocycles. The van der Waals surface area contributed by atoms with Crippen LogP contribution in [0.2, 0.25) is 0 Å². The van der Waals surface area contributed by atoms with Crippen LogP contribution in [0.5, 0.6) is 0 Å². The molecule has 1 saturated heterocycles. The van der Waals surface area contributed by atoms with Gasteiger partial charge in [0.15, 0.2) is 0 Å². The van der Waals surface area contributed by atoms with E-state index in [0.717, 1.165) is 5.56 Å². The van der Waals surface area contributed by atoms with Gasteiger partial charge >= 0.3 is 0 Å². The van der Waals surface area contributed by atoms with Gasteiger partial charge in [0, 0.05) is 17.8 Å². The number of hydrogen-bond acceptors (Lipinski definition) is 6. The Labute approximate surface area is 119 Å². The summed E-state index contributed by atoms with van der Waals surface area (Å²) in [6.07, 6.45) is 0. The van der Waals surface area contributed by atoms with Gasteiger partial charge in [-0.3, -0.25) is 14.9 Å². The van der Waals surface area contributed by atoms with Crippen molar-refractivity contribution < 1.29 is 9.59 Å². The lowest BCUT2D eigenvalue weighted by Crippen LogP contribution is -2.56. The second-order valence-electron chi connectivity index (χ2n) is 4.54. The number of nitrogens with zero attached hydrogens (tertiary/aromatic N) is 3. The molecule has 9 heteroatoms. The molecule has 1 fully saturated rings. The van der Waals surface area contributed by atoms with Crippen LogP contribution < -0.4 is 16.0 Å². The summed E-state index contributed by atoms with van der Waals surface area (Å²) in [6, 6.07) is 6.68. The Morgan fingerprint density at radius 1 is 1.38 bits per heavy atom. The molecule has 1 aliphatic rings. The molecular formula is C12H13N7O2. The third-order valence-corrected chi connectivity index (χ3v) is 3.06. The van der Waals surface area contributed by atoms with E-state index >= 15 is 0 Å². The zero-order chi connectivity index (χ0) is 14.7. The highest BCUT2D eigenvalue weighted by molar-refractivity contribution is 5.96. The smallest absolute Gasteiger partial charge is 0.243 e. The van der Waals surface area contributed by atoms with E-state index in [-0.39, 0.29) is 24.9 Å². The normalized spacial score (nSPS) is 18.1. The molecule has 2 amide bonds. The lowest BCUT2D eigenvalue weighted by atomic mass is 10.1. The van der Waals surface area contributed by atoms with E-state index in [1.807, 2.05) is 6.07 Å². The average molecular weight is 287 g/mol. The Morgan fingerprint density at radius 2 is 2.29 bits per heavy atom. The van der Waals surface area contributed by atoms with Gasteiger partial charge in [-0.25, -0.2) is 0 Å². The quantitative estimate of drug-likeness (QED) is 0.567. The number of anilines is 1. The lowest BCUT2D eigenvalue weighted by molar-refractivity contribution is -0.124. The maximum absolute atomic E-state index is 12.1. The van der Waals surface area contributed by atoms with Crippen molar-refractivity contribution in [2.75, 3.05) is 18.4 Å². The summed E-state index contributed by atoms with van der Waals surface area (Å²) in [7, 11) is 0. The summed E-state index contributed by atoms with van der Waals surface area (Å²) in [6.45, 7) is 0.413. The number of aromatic nitrogens is 4. The number of nitrogens with one attached hydrogen (secondary N) is 4. The molecule has 0 radical (unpaired) electrons. The Bertz CT molecular complexity index is 645. The number of piperazine rings is 1. The highest BCUT2D eigenvalue weighted by Gasteiger charge is 2.23. The maximum atomic E-state index is 12.1. The van der Waals surface area contributed by atoms with Crippen molar-refractivity contribution in [3.05, 3.63) is 24.3 Å². The summed E-state index contributed by atoms with van der Waals surface area (Å²) in [5.74, 6) is 0.132. The summed E-state index contributed by atoms with van der Waals surface area (Å²) in [5.41, 5.74) is 1.37. The van der Waals surface area contributed by atoms with Crippen LogP contribution in [0.25, 0.3) is 11.4 Å². The number of H-pyrrole nitrogens is 1. The number of hydrogen-bond donors (Lipinski definition) is 4. The van der Waals surface area contributed by atoms with E-state index in [9.17, 15) is 9.59 Å². The zero-order valence-electron chi connectivity index (χ0n) is 11.0. The zero-order valence-corrected chi connectivity index (χ0v) is 11.0. The fourth-order valence-corrected chi connectivity index (χ4v) is 2.00. The van der Waals surface area contributed by atoms with Gasteiger partial charge in [-0.05, 0) is 17.3 Å². The fourth-order valence-electron chi connectivity index (χ4n) is 2.00. The van der Waals surface area contributed by atoms with Gasteiger partial charge < -0.3 is 10.6 Å². The van der Waals surface area contributed by atoms with E-state index in [1.165, 1.54) is 0 Å². The van der Waals surface area contributed by atoms with Gasteiger partial charge in [0.05, 0.1) is 6.54 Å². The van der Waals surface area contributed by atoms with Gasteiger partial charge in [0.2, 0.25) is 17.6 Å². The van der Waals surface area contributed by atoms with Crippen molar-refractivity contribution >= 4 is 17.5 Å². The third kappa shape index (κ3) is 3.03. The van der Waals surface area contributed by atoms with Crippen molar-refractivity contribution in [1.29, 1.82) is 0 Å². The van der Waals surface area contributed by atoms with Crippen molar-refractivity contribution in [2.45, 2.75) is 6.04 Å². The molecule has 108 valence electrons. The molecule has 0 bridgehead atoms.